The number of rotatable bonds is 6. The second-order valence-corrected chi connectivity index (χ2v) is 6.95. The zero-order chi connectivity index (χ0) is 21.1. The van der Waals surface area contributed by atoms with Crippen LogP contribution in [0.1, 0.15) is 10.4 Å². The van der Waals surface area contributed by atoms with Crippen molar-refractivity contribution in [3.8, 4) is 16.9 Å². The van der Waals surface area contributed by atoms with Crippen LogP contribution < -0.4 is 10.3 Å². The first-order valence-corrected chi connectivity index (χ1v) is 9.46. The Morgan fingerprint density at radius 2 is 2.03 bits per heavy atom. The minimum Gasteiger partial charge on any atom is -0.491 e. The zero-order valence-corrected chi connectivity index (χ0v) is 16.4. The molecule has 0 fully saturated rings. The Hall–Kier alpha value is -3.71. The van der Waals surface area contributed by atoms with E-state index < -0.39 is 5.97 Å². The van der Waals surface area contributed by atoms with Crippen LogP contribution in [0.3, 0.4) is 0 Å². The number of hydrogen-bond donors (Lipinski definition) is 1. The van der Waals surface area contributed by atoms with Crippen molar-refractivity contribution in [1.29, 1.82) is 0 Å². The van der Waals surface area contributed by atoms with E-state index in [1.54, 1.807) is 48.7 Å². The number of aromatic nitrogens is 3. The molecule has 0 aliphatic carbocycles. The average molecular weight is 422 g/mol. The molecule has 2 aromatic heterocycles. The SMILES string of the molecule is O=C(O)c1cccc(-c2cc(Cl)ccc2OCCn2ccc3ncncc3c2=O)c1. The summed E-state index contributed by atoms with van der Waals surface area (Å²) in [4.78, 5) is 31.8. The summed E-state index contributed by atoms with van der Waals surface area (Å²) in [6.07, 6.45) is 4.56. The fourth-order valence-corrected chi connectivity index (χ4v) is 3.30. The van der Waals surface area contributed by atoms with E-state index in [0.29, 0.717) is 39.3 Å². The van der Waals surface area contributed by atoms with Crippen LogP contribution in [-0.2, 0) is 6.54 Å². The van der Waals surface area contributed by atoms with Gasteiger partial charge in [0.15, 0.2) is 0 Å². The fourth-order valence-electron chi connectivity index (χ4n) is 3.12. The van der Waals surface area contributed by atoms with Gasteiger partial charge in [-0.3, -0.25) is 4.79 Å². The van der Waals surface area contributed by atoms with Crippen molar-refractivity contribution < 1.29 is 14.6 Å². The van der Waals surface area contributed by atoms with Crippen LogP contribution >= 0.6 is 11.6 Å². The molecule has 4 aromatic rings. The Bertz CT molecular complexity index is 1300. The number of carboxylic acids is 1. The second-order valence-electron chi connectivity index (χ2n) is 6.51. The molecule has 0 amide bonds. The Labute approximate surface area is 176 Å². The highest BCUT2D eigenvalue weighted by Gasteiger charge is 2.11. The van der Waals surface area contributed by atoms with Gasteiger partial charge in [-0.1, -0.05) is 23.7 Å². The predicted molar refractivity (Wildman–Crippen MR) is 113 cm³/mol. The molecule has 0 atom stereocenters. The Morgan fingerprint density at radius 1 is 1.17 bits per heavy atom. The summed E-state index contributed by atoms with van der Waals surface area (Å²) in [5, 5.41) is 10.2. The molecule has 0 saturated carbocycles. The van der Waals surface area contributed by atoms with Gasteiger partial charge in [-0.15, -0.1) is 0 Å². The van der Waals surface area contributed by atoms with Gasteiger partial charge in [-0.25, -0.2) is 14.8 Å². The first-order chi connectivity index (χ1) is 14.5. The van der Waals surface area contributed by atoms with Gasteiger partial charge in [-0.05, 0) is 42.0 Å². The van der Waals surface area contributed by atoms with Crippen molar-refractivity contribution in [2.45, 2.75) is 6.54 Å². The first kappa shape index (κ1) is 19.6. The highest BCUT2D eigenvalue weighted by molar-refractivity contribution is 6.31. The highest BCUT2D eigenvalue weighted by Crippen LogP contribution is 2.33. The van der Waals surface area contributed by atoms with Gasteiger partial charge < -0.3 is 14.4 Å². The van der Waals surface area contributed by atoms with Gasteiger partial charge in [0.2, 0.25) is 0 Å². The molecule has 0 bridgehead atoms. The Morgan fingerprint density at radius 3 is 2.87 bits per heavy atom. The molecular weight excluding hydrogens is 406 g/mol. The van der Waals surface area contributed by atoms with E-state index in [-0.39, 0.29) is 17.7 Å². The molecular formula is C22H16ClN3O4. The van der Waals surface area contributed by atoms with E-state index in [1.807, 2.05) is 0 Å². The fraction of sp³-hybridized carbons (Fsp3) is 0.0909. The second kappa shape index (κ2) is 8.34. The minimum absolute atomic E-state index is 0.170. The summed E-state index contributed by atoms with van der Waals surface area (Å²) in [6.45, 7) is 0.549. The lowest BCUT2D eigenvalue weighted by molar-refractivity contribution is 0.0697. The highest BCUT2D eigenvalue weighted by atomic mass is 35.5. The number of aromatic carboxylic acids is 1. The standard InChI is InChI=1S/C22H16ClN3O4/c23-16-4-5-20(17(11-16)14-2-1-3-15(10-14)22(28)29)30-9-8-26-7-6-19-18(21(26)27)12-24-13-25-19/h1-7,10-13H,8-9H2,(H,28,29). The van der Waals surface area contributed by atoms with Crippen molar-refractivity contribution in [3.63, 3.8) is 0 Å². The number of benzene rings is 2. The molecule has 4 rings (SSSR count). The van der Waals surface area contributed by atoms with Crippen molar-refractivity contribution in [3.05, 3.63) is 88.2 Å². The molecule has 150 valence electrons. The Balaban J connectivity index is 1.58. The van der Waals surface area contributed by atoms with Crippen LogP contribution in [-0.4, -0.2) is 32.2 Å². The van der Waals surface area contributed by atoms with Gasteiger partial charge in [0, 0.05) is 23.0 Å². The normalized spacial score (nSPS) is 10.8. The van der Waals surface area contributed by atoms with E-state index in [1.165, 1.54) is 23.2 Å². The maximum Gasteiger partial charge on any atom is 0.335 e. The van der Waals surface area contributed by atoms with Crippen LogP contribution in [0, 0.1) is 0 Å². The van der Waals surface area contributed by atoms with Gasteiger partial charge in [0.05, 0.1) is 23.0 Å². The number of fused-ring (bicyclic) bond motifs is 1. The molecule has 0 aliphatic rings. The summed E-state index contributed by atoms with van der Waals surface area (Å²) in [5.74, 6) is -0.472. The van der Waals surface area contributed by atoms with E-state index in [4.69, 9.17) is 16.3 Å². The summed E-state index contributed by atoms with van der Waals surface area (Å²) in [7, 11) is 0. The Kier molecular flexibility index (Phi) is 5.45. The van der Waals surface area contributed by atoms with E-state index >= 15 is 0 Å². The lowest BCUT2D eigenvalue weighted by Crippen LogP contribution is -2.23. The van der Waals surface area contributed by atoms with Crippen LogP contribution in [0.4, 0.5) is 0 Å². The molecule has 0 radical (unpaired) electrons. The lowest BCUT2D eigenvalue weighted by Gasteiger charge is -2.14. The smallest absolute Gasteiger partial charge is 0.335 e. The minimum atomic E-state index is -1.01. The van der Waals surface area contributed by atoms with Crippen LogP contribution in [0.2, 0.25) is 5.02 Å². The molecule has 1 N–H and O–H groups in total. The number of halogens is 1. The molecule has 30 heavy (non-hydrogen) atoms. The topological polar surface area (TPSA) is 94.3 Å². The number of hydrogen-bond acceptors (Lipinski definition) is 5. The third kappa shape index (κ3) is 4.01. The molecule has 0 unspecified atom stereocenters. The van der Waals surface area contributed by atoms with Crippen LogP contribution in [0.15, 0.2) is 72.0 Å². The number of nitrogens with zero attached hydrogens (tertiary/aromatic N) is 3. The summed E-state index contributed by atoms with van der Waals surface area (Å²) >= 11 is 6.15. The molecule has 2 heterocycles. The first-order valence-electron chi connectivity index (χ1n) is 9.08. The molecule has 7 nitrogen and oxygen atoms in total. The summed E-state index contributed by atoms with van der Waals surface area (Å²) in [5.41, 5.74) is 1.91. The average Bonchev–Trinajstić information content (AvgIpc) is 2.76. The van der Waals surface area contributed by atoms with E-state index in [0.717, 1.165) is 0 Å². The third-order valence-electron chi connectivity index (χ3n) is 4.60. The van der Waals surface area contributed by atoms with Crippen molar-refractivity contribution in [1.82, 2.24) is 14.5 Å². The quantitative estimate of drug-likeness (QED) is 0.507. The van der Waals surface area contributed by atoms with Crippen LogP contribution in [0.5, 0.6) is 5.75 Å². The molecule has 0 spiro atoms. The van der Waals surface area contributed by atoms with Crippen LogP contribution in [0.25, 0.3) is 22.0 Å². The van der Waals surface area contributed by atoms with Gasteiger partial charge in [0.1, 0.15) is 18.7 Å². The number of carbonyl (C=O) groups is 1. The molecule has 8 heteroatoms. The number of ether oxygens (including phenoxy) is 1. The summed E-state index contributed by atoms with van der Waals surface area (Å²) < 4.78 is 7.45. The maximum absolute atomic E-state index is 12.6. The number of pyridine rings is 1. The van der Waals surface area contributed by atoms with Crippen molar-refractivity contribution in [2.75, 3.05) is 6.61 Å². The van der Waals surface area contributed by atoms with Gasteiger partial charge in [0.25, 0.3) is 5.56 Å². The number of carboxylic acid groups (broad SMARTS) is 1. The summed E-state index contributed by atoms with van der Waals surface area (Å²) in [6, 6.07) is 13.4. The van der Waals surface area contributed by atoms with Crippen molar-refractivity contribution in [2.24, 2.45) is 0 Å². The van der Waals surface area contributed by atoms with Gasteiger partial charge >= 0.3 is 5.97 Å². The maximum atomic E-state index is 12.6. The molecule has 0 aliphatic heterocycles. The molecule has 2 aromatic carbocycles. The lowest BCUT2D eigenvalue weighted by atomic mass is 10.0. The van der Waals surface area contributed by atoms with Crippen molar-refractivity contribution >= 4 is 28.5 Å². The molecule has 0 saturated heterocycles. The largest absolute Gasteiger partial charge is 0.491 e. The van der Waals surface area contributed by atoms with E-state index in [9.17, 15) is 14.7 Å². The predicted octanol–water partition coefficient (Wildman–Crippen LogP) is 3.89. The van der Waals surface area contributed by atoms with Gasteiger partial charge in [-0.2, -0.15) is 0 Å². The monoisotopic (exact) mass is 421 g/mol. The van der Waals surface area contributed by atoms with E-state index in [2.05, 4.69) is 9.97 Å². The third-order valence-corrected chi connectivity index (χ3v) is 4.83. The zero-order valence-electron chi connectivity index (χ0n) is 15.7.